The number of nitrogens with one attached hydrogen (secondary N) is 1. The Kier molecular flexibility index (Phi) is 5.55. The van der Waals surface area contributed by atoms with Crippen LogP contribution in [0.5, 0.6) is 0 Å². The molecule has 1 heterocycles. The average molecular weight is 277 g/mol. The third-order valence-corrected chi connectivity index (χ3v) is 3.98. The van der Waals surface area contributed by atoms with E-state index in [1.807, 2.05) is 12.1 Å². The van der Waals surface area contributed by atoms with Gasteiger partial charge in [0.25, 0.3) is 0 Å². The summed E-state index contributed by atoms with van der Waals surface area (Å²) in [5, 5.41) is 7.85. The van der Waals surface area contributed by atoms with Crippen LogP contribution in [-0.4, -0.2) is 12.6 Å². The molecule has 0 amide bonds. The molecule has 0 radical (unpaired) electrons. The molecule has 2 rings (SSSR count). The van der Waals surface area contributed by atoms with Crippen LogP contribution in [0.3, 0.4) is 0 Å². The molecule has 0 aliphatic carbocycles. The quantitative estimate of drug-likeness (QED) is 0.805. The van der Waals surface area contributed by atoms with E-state index in [1.54, 1.807) is 11.3 Å². The van der Waals surface area contributed by atoms with Crippen molar-refractivity contribution < 1.29 is 4.39 Å². The van der Waals surface area contributed by atoms with E-state index in [0.717, 1.165) is 25.8 Å². The largest absolute Gasteiger partial charge is 0.314 e. The Morgan fingerprint density at radius 2 is 1.95 bits per heavy atom. The zero-order valence-corrected chi connectivity index (χ0v) is 12.0. The summed E-state index contributed by atoms with van der Waals surface area (Å²) in [5.74, 6) is -0.165. The molecule has 2 aromatic rings. The molecule has 0 fully saturated rings. The molecule has 1 atom stereocenters. The first kappa shape index (κ1) is 14.2. The van der Waals surface area contributed by atoms with E-state index >= 15 is 0 Å². The van der Waals surface area contributed by atoms with Crippen molar-refractivity contribution in [2.24, 2.45) is 0 Å². The number of benzene rings is 1. The molecule has 1 aromatic heterocycles. The van der Waals surface area contributed by atoms with Gasteiger partial charge >= 0.3 is 0 Å². The maximum Gasteiger partial charge on any atom is 0.123 e. The molecule has 0 saturated heterocycles. The topological polar surface area (TPSA) is 12.0 Å². The van der Waals surface area contributed by atoms with E-state index in [0.29, 0.717) is 6.04 Å². The standard InChI is InChI=1S/C16H20FNS/c1-2-18-16(8-5-14-9-10-19-12-14)11-13-3-6-15(17)7-4-13/h3-4,6-7,9-10,12,16,18H,2,5,8,11H2,1H3. The molecule has 0 bridgehead atoms. The molecular weight excluding hydrogens is 257 g/mol. The third-order valence-electron chi connectivity index (χ3n) is 3.25. The highest BCUT2D eigenvalue weighted by atomic mass is 32.1. The van der Waals surface area contributed by atoms with Crippen LogP contribution in [0.4, 0.5) is 4.39 Å². The third kappa shape index (κ3) is 4.77. The highest BCUT2D eigenvalue weighted by Crippen LogP contribution is 2.13. The average Bonchev–Trinajstić information content (AvgIpc) is 2.92. The second-order valence-corrected chi connectivity index (χ2v) is 5.54. The fourth-order valence-corrected chi connectivity index (χ4v) is 2.95. The van der Waals surface area contributed by atoms with Gasteiger partial charge in [0.1, 0.15) is 5.82 Å². The summed E-state index contributed by atoms with van der Waals surface area (Å²) < 4.78 is 12.9. The Labute approximate surface area is 118 Å². The second-order valence-electron chi connectivity index (χ2n) is 4.76. The highest BCUT2D eigenvalue weighted by molar-refractivity contribution is 7.07. The number of aryl methyl sites for hydroxylation is 1. The van der Waals surface area contributed by atoms with Gasteiger partial charge in [-0.25, -0.2) is 4.39 Å². The zero-order valence-electron chi connectivity index (χ0n) is 11.2. The van der Waals surface area contributed by atoms with Crippen molar-refractivity contribution in [2.75, 3.05) is 6.54 Å². The number of hydrogen-bond donors (Lipinski definition) is 1. The first-order valence-corrected chi connectivity index (χ1v) is 7.71. The molecule has 0 aliphatic rings. The minimum Gasteiger partial charge on any atom is -0.314 e. The van der Waals surface area contributed by atoms with Gasteiger partial charge in [0.05, 0.1) is 0 Å². The fraction of sp³-hybridized carbons (Fsp3) is 0.375. The maximum absolute atomic E-state index is 12.9. The minimum atomic E-state index is -0.165. The van der Waals surface area contributed by atoms with Crippen molar-refractivity contribution in [3.05, 3.63) is 58.0 Å². The first-order chi connectivity index (χ1) is 9.28. The summed E-state index contributed by atoms with van der Waals surface area (Å²) in [5.41, 5.74) is 2.60. The van der Waals surface area contributed by atoms with E-state index < -0.39 is 0 Å². The van der Waals surface area contributed by atoms with Crippen molar-refractivity contribution in [1.29, 1.82) is 0 Å². The molecule has 1 aromatic carbocycles. The number of halogens is 1. The summed E-state index contributed by atoms with van der Waals surface area (Å²) in [6, 6.07) is 9.48. The van der Waals surface area contributed by atoms with E-state index in [-0.39, 0.29) is 5.82 Å². The lowest BCUT2D eigenvalue weighted by Gasteiger charge is -2.17. The number of thiophene rings is 1. The molecule has 1 N–H and O–H groups in total. The molecule has 0 saturated carbocycles. The highest BCUT2D eigenvalue weighted by Gasteiger charge is 2.09. The Morgan fingerprint density at radius 3 is 2.58 bits per heavy atom. The predicted octanol–water partition coefficient (Wildman–Crippen LogP) is 4.04. The summed E-state index contributed by atoms with van der Waals surface area (Å²) in [7, 11) is 0. The lowest BCUT2D eigenvalue weighted by molar-refractivity contribution is 0.491. The van der Waals surface area contributed by atoms with E-state index in [1.165, 1.54) is 23.3 Å². The molecule has 1 nitrogen and oxygen atoms in total. The number of rotatable bonds is 7. The second kappa shape index (κ2) is 7.41. The van der Waals surface area contributed by atoms with Crippen LogP contribution in [0.15, 0.2) is 41.1 Å². The summed E-state index contributed by atoms with van der Waals surface area (Å²) in [6.45, 7) is 3.09. The summed E-state index contributed by atoms with van der Waals surface area (Å²) in [4.78, 5) is 0. The minimum absolute atomic E-state index is 0.165. The van der Waals surface area contributed by atoms with Gasteiger partial charge < -0.3 is 5.32 Å². The van der Waals surface area contributed by atoms with Crippen LogP contribution in [0.1, 0.15) is 24.5 Å². The molecular formula is C16H20FNS. The Balaban J connectivity index is 1.89. The van der Waals surface area contributed by atoms with Gasteiger partial charge in [0, 0.05) is 6.04 Å². The van der Waals surface area contributed by atoms with E-state index in [9.17, 15) is 4.39 Å². The van der Waals surface area contributed by atoms with Gasteiger partial charge in [-0.15, -0.1) is 0 Å². The predicted molar refractivity (Wildman–Crippen MR) is 80.2 cm³/mol. The van der Waals surface area contributed by atoms with Crippen LogP contribution in [0, 0.1) is 5.82 Å². The van der Waals surface area contributed by atoms with Crippen molar-refractivity contribution in [1.82, 2.24) is 5.32 Å². The molecule has 102 valence electrons. The SMILES string of the molecule is CCNC(CCc1ccsc1)Cc1ccc(F)cc1. The summed E-state index contributed by atoms with van der Waals surface area (Å²) in [6.07, 6.45) is 3.17. The van der Waals surface area contributed by atoms with Crippen molar-refractivity contribution >= 4 is 11.3 Å². The van der Waals surface area contributed by atoms with Gasteiger partial charge in [0.15, 0.2) is 0 Å². The summed E-state index contributed by atoms with van der Waals surface area (Å²) >= 11 is 1.75. The van der Waals surface area contributed by atoms with Crippen LogP contribution in [0.25, 0.3) is 0 Å². The molecule has 0 spiro atoms. The smallest absolute Gasteiger partial charge is 0.123 e. The van der Waals surface area contributed by atoms with E-state index in [4.69, 9.17) is 0 Å². The Bertz CT molecular complexity index is 464. The lowest BCUT2D eigenvalue weighted by Crippen LogP contribution is -2.31. The monoisotopic (exact) mass is 277 g/mol. The Morgan fingerprint density at radius 1 is 1.16 bits per heavy atom. The zero-order chi connectivity index (χ0) is 13.5. The lowest BCUT2D eigenvalue weighted by atomic mass is 10.00. The maximum atomic E-state index is 12.9. The van der Waals surface area contributed by atoms with Crippen molar-refractivity contribution in [3.63, 3.8) is 0 Å². The normalized spacial score (nSPS) is 12.5. The van der Waals surface area contributed by atoms with Crippen LogP contribution < -0.4 is 5.32 Å². The van der Waals surface area contributed by atoms with Crippen LogP contribution in [-0.2, 0) is 12.8 Å². The van der Waals surface area contributed by atoms with Crippen LogP contribution in [0.2, 0.25) is 0 Å². The van der Waals surface area contributed by atoms with Gasteiger partial charge in [-0.2, -0.15) is 11.3 Å². The number of hydrogen-bond acceptors (Lipinski definition) is 2. The van der Waals surface area contributed by atoms with Crippen molar-refractivity contribution in [3.8, 4) is 0 Å². The van der Waals surface area contributed by atoms with Crippen molar-refractivity contribution in [2.45, 2.75) is 32.2 Å². The van der Waals surface area contributed by atoms with Gasteiger partial charge in [0.2, 0.25) is 0 Å². The van der Waals surface area contributed by atoms with Gasteiger partial charge in [-0.05, 0) is 65.9 Å². The first-order valence-electron chi connectivity index (χ1n) is 6.77. The van der Waals surface area contributed by atoms with Gasteiger partial charge in [-0.3, -0.25) is 0 Å². The Hall–Kier alpha value is -1.19. The molecule has 19 heavy (non-hydrogen) atoms. The van der Waals surface area contributed by atoms with Crippen LogP contribution >= 0.6 is 11.3 Å². The van der Waals surface area contributed by atoms with Gasteiger partial charge in [-0.1, -0.05) is 19.1 Å². The fourth-order valence-electron chi connectivity index (χ4n) is 2.25. The van der Waals surface area contributed by atoms with E-state index in [2.05, 4.69) is 29.1 Å². The molecule has 0 aliphatic heterocycles. The molecule has 3 heteroatoms. The molecule has 1 unspecified atom stereocenters. The number of likely N-dealkylation sites (N-methyl/N-ethyl adjacent to an activating group) is 1.